The van der Waals surface area contributed by atoms with Crippen molar-refractivity contribution in [2.24, 2.45) is 0 Å². The molecule has 1 aliphatic carbocycles. The van der Waals surface area contributed by atoms with Crippen molar-refractivity contribution in [2.45, 2.75) is 64.5 Å². The predicted molar refractivity (Wildman–Crippen MR) is 95.1 cm³/mol. The van der Waals surface area contributed by atoms with Gasteiger partial charge in [0.2, 0.25) is 5.91 Å². The Bertz CT molecular complexity index is 572. The van der Waals surface area contributed by atoms with Gasteiger partial charge in [-0.15, -0.1) is 0 Å². The Balaban J connectivity index is 1.86. The van der Waals surface area contributed by atoms with Crippen LogP contribution in [0.2, 0.25) is 0 Å². The van der Waals surface area contributed by atoms with Gasteiger partial charge in [-0.3, -0.25) is 9.59 Å². The zero-order chi connectivity index (χ0) is 17.6. The fraction of sp³-hybridized carbons (Fsp3) is 0.579. The number of amides is 2. The first-order chi connectivity index (χ1) is 11.3. The maximum absolute atomic E-state index is 12.2. The Morgan fingerprint density at radius 3 is 2.54 bits per heavy atom. The maximum Gasteiger partial charge on any atom is 0.251 e. The van der Waals surface area contributed by atoms with Crippen LogP contribution in [0.15, 0.2) is 24.3 Å². The average molecular weight is 332 g/mol. The summed E-state index contributed by atoms with van der Waals surface area (Å²) in [7, 11) is 0. The molecule has 5 nitrogen and oxygen atoms in total. The number of nitrogens with one attached hydrogen (secondary N) is 2. The van der Waals surface area contributed by atoms with Gasteiger partial charge in [-0.2, -0.15) is 0 Å². The summed E-state index contributed by atoms with van der Waals surface area (Å²) in [5, 5.41) is 5.70. The van der Waals surface area contributed by atoms with Crippen LogP contribution in [0.4, 0.5) is 5.69 Å². The second kappa shape index (κ2) is 8.29. The lowest BCUT2D eigenvalue weighted by Crippen LogP contribution is -2.40. The monoisotopic (exact) mass is 332 g/mol. The smallest absolute Gasteiger partial charge is 0.251 e. The SMILES string of the molecule is CC(C)(C)NC(=O)c1cccc(NC(=O)COC2CCCCC2)c1. The first kappa shape index (κ1) is 18.5. The first-order valence-corrected chi connectivity index (χ1v) is 8.67. The van der Waals surface area contributed by atoms with E-state index in [1.54, 1.807) is 24.3 Å². The molecule has 132 valence electrons. The van der Waals surface area contributed by atoms with Crippen LogP contribution in [0, 0.1) is 0 Å². The fourth-order valence-corrected chi connectivity index (χ4v) is 2.77. The summed E-state index contributed by atoms with van der Waals surface area (Å²) in [5.41, 5.74) is 0.828. The number of carbonyl (C=O) groups is 2. The van der Waals surface area contributed by atoms with Crippen LogP contribution in [0.5, 0.6) is 0 Å². The lowest BCUT2D eigenvalue weighted by molar-refractivity contribution is -0.123. The molecule has 0 bridgehead atoms. The molecule has 2 amide bonds. The van der Waals surface area contributed by atoms with E-state index < -0.39 is 0 Å². The van der Waals surface area contributed by atoms with E-state index in [4.69, 9.17) is 4.74 Å². The second-order valence-corrected chi connectivity index (χ2v) is 7.40. The summed E-state index contributed by atoms with van der Waals surface area (Å²) in [5.74, 6) is -0.342. The number of anilines is 1. The zero-order valence-electron chi connectivity index (χ0n) is 14.9. The third-order valence-corrected chi connectivity index (χ3v) is 3.90. The minimum absolute atomic E-state index is 0.0586. The molecule has 24 heavy (non-hydrogen) atoms. The average Bonchev–Trinajstić information content (AvgIpc) is 2.52. The van der Waals surface area contributed by atoms with Crippen molar-refractivity contribution in [1.29, 1.82) is 0 Å². The number of rotatable bonds is 5. The van der Waals surface area contributed by atoms with Gasteiger partial charge in [0.25, 0.3) is 5.91 Å². The van der Waals surface area contributed by atoms with Gasteiger partial charge >= 0.3 is 0 Å². The van der Waals surface area contributed by atoms with Crippen LogP contribution in [0.1, 0.15) is 63.2 Å². The van der Waals surface area contributed by atoms with E-state index in [0.29, 0.717) is 11.3 Å². The Morgan fingerprint density at radius 2 is 1.88 bits per heavy atom. The Morgan fingerprint density at radius 1 is 1.17 bits per heavy atom. The van der Waals surface area contributed by atoms with E-state index in [1.807, 2.05) is 20.8 Å². The van der Waals surface area contributed by atoms with Crippen LogP contribution < -0.4 is 10.6 Å². The lowest BCUT2D eigenvalue weighted by atomic mass is 9.98. The van der Waals surface area contributed by atoms with Crippen LogP contribution in [0.25, 0.3) is 0 Å². The quantitative estimate of drug-likeness (QED) is 0.867. The van der Waals surface area contributed by atoms with Crippen molar-refractivity contribution in [3.05, 3.63) is 29.8 Å². The molecule has 5 heteroatoms. The molecule has 1 saturated carbocycles. The van der Waals surface area contributed by atoms with E-state index in [-0.39, 0.29) is 30.1 Å². The molecule has 0 aromatic heterocycles. The summed E-state index contributed by atoms with van der Waals surface area (Å²) in [6.07, 6.45) is 5.89. The molecule has 0 atom stereocenters. The third kappa shape index (κ3) is 6.32. The molecule has 1 aromatic rings. The number of hydrogen-bond donors (Lipinski definition) is 2. The number of hydrogen-bond acceptors (Lipinski definition) is 3. The van der Waals surface area contributed by atoms with Gasteiger partial charge in [0.05, 0.1) is 6.10 Å². The maximum atomic E-state index is 12.2. The molecule has 1 fully saturated rings. The highest BCUT2D eigenvalue weighted by Gasteiger charge is 2.17. The number of ether oxygens (including phenoxy) is 1. The van der Waals surface area contributed by atoms with E-state index >= 15 is 0 Å². The molecule has 1 aliphatic rings. The van der Waals surface area contributed by atoms with Crippen LogP contribution in [-0.2, 0) is 9.53 Å². The highest BCUT2D eigenvalue weighted by molar-refractivity contribution is 5.97. The minimum atomic E-state index is -0.301. The molecule has 0 aliphatic heterocycles. The van der Waals surface area contributed by atoms with Crippen molar-refractivity contribution in [3.8, 4) is 0 Å². The molecule has 0 radical (unpaired) electrons. The van der Waals surface area contributed by atoms with Gasteiger partial charge < -0.3 is 15.4 Å². The topological polar surface area (TPSA) is 67.4 Å². The van der Waals surface area contributed by atoms with Crippen LogP contribution in [0.3, 0.4) is 0 Å². The highest BCUT2D eigenvalue weighted by atomic mass is 16.5. The van der Waals surface area contributed by atoms with Gasteiger partial charge in [-0.05, 0) is 51.8 Å². The standard InChI is InChI=1S/C19H28N2O3/c1-19(2,3)21-18(23)14-8-7-9-15(12-14)20-17(22)13-24-16-10-5-4-6-11-16/h7-9,12,16H,4-6,10-11,13H2,1-3H3,(H,20,22)(H,21,23). The lowest BCUT2D eigenvalue weighted by Gasteiger charge is -2.22. The van der Waals surface area contributed by atoms with E-state index in [0.717, 1.165) is 12.8 Å². The number of benzene rings is 1. The van der Waals surface area contributed by atoms with Gasteiger partial charge in [0.15, 0.2) is 0 Å². The van der Waals surface area contributed by atoms with Crippen molar-refractivity contribution in [3.63, 3.8) is 0 Å². The van der Waals surface area contributed by atoms with E-state index in [1.165, 1.54) is 19.3 Å². The third-order valence-electron chi connectivity index (χ3n) is 3.90. The van der Waals surface area contributed by atoms with Gasteiger partial charge in [0, 0.05) is 16.8 Å². The van der Waals surface area contributed by atoms with Gasteiger partial charge in [-0.1, -0.05) is 25.3 Å². The normalized spacial score (nSPS) is 15.8. The Kier molecular flexibility index (Phi) is 6.37. The van der Waals surface area contributed by atoms with Gasteiger partial charge in [0.1, 0.15) is 6.61 Å². The minimum Gasteiger partial charge on any atom is -0.368 e. The zero-order valence-corrected chi connectivity index (χ0v) is 14.9. The summed E-state index contributed by atoms with van der Waals surface area (Å²) >= 11 is 0. The molecule has 0 heterocycles. The second-order valence-electron chi connectivity index (χ2n) is 7.40. The molecule has 0 saturated heterocycles. The molecule has 1 aromatic carbocycles. The molecule has 0 spiro atoms. The fourth-order valence-electron chi connectivity index (χ4n) is 2.77. The summed E-state index contributed by atoms with van der Waals surface area (Å²) in [4.78, 5) is 24.2. The summed E-state index contributed by atoms with van der Waals surface area (Å²) < 4.78 is 5.67. The van der Waals surface area contributed by atoms with Crippen molar-refractivity contribution in [2.75, 3.05) is 11.9 Å². The van der Waals surface area contributed by atoms with Crippen molar-refractivity contribution >= 4 is 17.5 Å². The highest BCUT2D eigenvalue weighted by Crippen LogP contribution is 2.20. The van der Waals surface area contributed by atoms with Gasteiger partial charge in [-0.25, -0.2) is 0 Å². The molecular formula is C19H28N2O3. The molecular weight excluding hydrogens is 304 g/mol. The molecule has 0 unspecified atom stereocenters. The van der Waals surface area contributed by atoms with Crippen molar-refractivity contribution < 1.29 is 14.3 Å². The Labute approximate surface area is 144 Å². The van der Waals surface area contributed by atoms with Crippen LogP contribution in [-0.4, -0.2) is 30.1 Å². The van der Waals surface area contributed by atoms with Crippen LogP contribution >= 0.6 is 0 Å². The molecule has 2 rings (SSSR count). The van der Waals surface area contributed by atoms with E-state index in [9.17, 15) is 9.59 Å². The molecule has 2 N–H and O–H groups in total. The summed E-state index contributed by atoms with van der Waals surface area (Å²) in [6, 6.07) is 6.94. The number of carbonyl (C=O) groups excluding carboxylic acids is 2. The Hall–Kier alpha value is -1.88. The largest absolute Gasteiger partial charge is 0.368 e. The predicted octanol–water partition coefficient (Wildman–Crippen LogP) is 3.50. The first-order valence-electron chi connectivity index (χ1n) is 8.67. The summed E-state index contributed by atoms with van der Waals surface area (Å²) in [6.45, 7) is 5.85. The van der Waals surface area contributed by atoms with E-state index in [2.05, 4.69) is 10.6 Å². The van der Waals surface area contributed by atoms with Crippen molar-refractivity contribution in [1.82, 2.24) is 5.32 Å².